The molecule has 0 radical (unpaired) electrons. The van der Waals surface area contributed by atoms with E-state index in [-0.39, 0.29) is 4.90 Å². The molecule has 0 saturated carbocycles. The van der Waals surface area contributed by atoms with Crippen molar-refractivity contribution in [1.29, 1.82) is 0 Å². The number of hydrogen-bond acceptors (Lipinski definition) is 6. The molecule has 0 aliphatic carbocycles. The Morgan fingerprint density at radius 3 is 2.59 bits per heavy atom. The number of sulfonamides is 1. The molecule has 0 amide bonds. The fourth-order valence-electron chi connectivity index (χ4n) is 3.51. The summed E-state index contributed by atoms with van der Waals surface area (Å²) >= 11 is 0. The van der Waals surface area contributed by atoms with E-state index in [1.807, 2.05) is 24.3 Å². The zero-order chi connectivity index (χ0) is 20.3. The molecule has 29 heavy (non-hydrogen) atoms. The molecular weight excluding hydrogens is 390 g/mol. The van der Waals surface area contributed by atoms with Crippen LogP contribution in [-0.4, -0.2) is 62.6 Å². The van der Waals surface area contributed by atoms with Crippen molar-refractivity contribution in [3.8, 4) is 5.75 Å². The van der Waals surface area contributed by atoms with Crippen molar-refractivity contribution >= 4 is 27.0 Å². The van der Waals surface area contributed by atoms with Crippen LogP contribution in [0, 0.1) is 0 Å². The summed E-state index contributed by atoms with van der Waals surface area (Å²) < 4.78 is 28.4. The smallest absolute Gasteiger partial charge is 0.238 e. The van der Waals surface area contributed by atoms with Gasteiger partial charge in [-0.2, -0.15) is 0 Å². The average Bonchev–Trinajstić information content (AvgIpc) is 3.00. The van der Waals surface area contributed by atoms with E-state index in [0.717, 1.165) is 56.1 Å². The van der Waals surface area contributed by atoms with Gasteiger partial charge in [-0.1, -0.05) is 12.1 Å². The number of benzene rings is 2. The SMILES string of the molecule is NS(=O)(=O)c1ccc(OCCN2CCCN(c3nc4ccccc4[nH]3)CC2)cc1. The highest BCUT2D eigenvalue weighted by Gasteiger charge is 2.17. The van der Waals surface area contributed by atoms with Gasteiger partial charge < -0.3 is 14.6 Å². The van der Waals surface area contributed by atoms with Crippen molar-refractivity contribution in [3.63, 3.8) is 0 Å². The summed E-state index contributed by atoms with van der Waals surface area (Å²) in [7, 11) is -3.67. The van der Waals surface area contributed by atoms with Crippen molar-refractivity contribution in [2.45, 2.75) is 11.3 Å². The van der Waals surface area contributed by atoms with Crippen LogP contribution in [0.1, 0.15) is 6.42 Å². The summed E-state index contributed by atoms with van der Waals surface area (Å²) in [5, 5.41) is 5.11. The van der Waals surface area contributed by atoms with Gasteiger partial charge in [0, 0.05) is 32.7 Å². The molecule has 0 atom stereocenters. The summed E-state index contributed by atoms with van der Waals surface area (Å²) in [5.41, 5.74) is 2.05. The van der Waals surface area contributed by atoms with E-state index in [1.165, 1.54) is 12.1 Å². The fraction of sp³-hybridized carbons (Fsp3) is 0.350. The van der Waals surface area contributed by atoms with Crippen LogP contribution >= 0.6 is 0 Å². The molecule has 3 N–H and O–H groups in total. The Kier molecular flexibility index (Phi) is 5.70. The Labute approximate surface area is 170 Å². The first-order valence-corrected chi connectivity index (χ1v) is 11.2. The summed E-state index contributed by atoms with van der Waals surface area (Å²) in [6.07, 6.45) is 1.06. The topological polar surface area (TPSA) is 105 Å². The number of H-pyrrole nitrogens is 1. The highest BCUT2D eigenvalue weighted by molar-refractivity contribution is 7.89. The second-order valence-corrected chi connectivity index (χ2v) is 8.69. The number of nitrogens with zero attached hydrogens (tertiary/aromatic N) is 3. The van der Waals surface area contributed by atoms with E-state index in [9.17, 15) is 8.42 Å². The van der Waals surface area contributed by atoms with Crippen molar-refractivity contribution in [2.75, 3.05) is 44.2 Å². The molecule has 1 aliphatic rings. The second-order valence-electron chi connectivity index (χ2n) is 7.12. The number of imidazole rings is 1. The minimum absolute atomic E-state index is 0.0862. The third-order valence-electron chi connectivity index (χ3n) is 5.09. The van der Waals surface area contributed by atoms with E-state index in [0.29, 0.717) is 12.4 Å². The molecule has 0 unspecified atom stereocenters. The van der Waals surface area contributed by atoms with Crippen LogP contribution in [0.15, 0.2) is 53.4 Å². The van der Waals surface area contributed by atoms with Crippen LogP contribution in [0.2, 0.25) is 0 Å². The predicted octanol–water partition coefficient (Wildman–Crippen LogP) is 1.80. The van der Waals surface area contributed by atoms with Gasteiger partial charge in [0.05, 0.1) is 15.9 Å². The third-order valence-corrected chi connectivity index (χ3v) is 6.02. The number of nitrogens with one attached hydrogen (secondary N) is 1. The van der Waals surface area contributed by atoms with E-state index in [1.54, 1.807) is 12.1 Å². The molecule has 1 saturated heterocycles. The first-order valence-electron chi connectivity index (χ1n) is 9.67. The first kappa shape index (κ1) is 19.7. The van der Waals surface area contributed by atoms with Crippen LogP contribution in [-0.2, 0) is 10.0 Å². The molecule has 0 spiro atoms. The second kappa shape index (κ2) is 8.40. The van der Waals surface area contributed by atoms with Gasteiger partial charge in [0.2, 0.25) is 16.0 Å². The van der Waals surface area contributed by atoms with Crippen molar-refractivity contribution in [2.24, 2.45) is 5.14 Å². The molecule has 0 bridgehead atoms. The molecule has 4 rings (SSSR count). The number of aromatic amines is 1. The number of para-hydroxylation sites is 2. The van der Waals surface area contributed by atoms with Crippen molar-refractivity contribution in [1.82, 2.24) is 14.9 Å². The lowest BCUT2D eigenvalue weighted by molar-refractivity contribution is 0.218. The van der Waals surface area contributed by atoms with Crippen LogP contribution in [0.5, 0.6) is 5.75 Å². The minimum atomic E-state index is -3.67. The summed E-state index contributed by atoms with van der Waals surface area (Å²) in [5.74, 6) is 1.57. The van der Waals surface area contributed by atoms with Gasteiger partial charge in [-0.3, -0.25) is 4.90 Å². The van der Waals surface area contributed by atoms with E-state index in [2.05, 4.69) is 14.8 Å². The van der Waals surface area contributed by atoms with Crippen LogP contribution in [0.25, 0.3) is 11.0 Å². The fourth-order valence-corrected chi connectivity index (χ4v) is 4.03. The Morgan fingerprint density at radius 2 is 1.83 bits per heavy atom. The number of nitrogens with two attached hydrogens (primary N) is 1. The van der Waals surface area contributed by atoms with Crippen molar-refractivity contribution in [3.05, 3.63) is 48.5 Å². The van der Waals surface area contributed by atoms with Crippen LogP contribution in [0.3, 0.4) is 0 Å². The quantitative estimate of drug-likeness (QED) is 0.636. The first-order chi connectivity index (χ1) is 14.0. The summed E-state index contributed by atoms with van der Waals surface area (Å²) in [6.45, 7) is 5.16. The highest BCUT2D eigenvalue weighted by Crippen LogP contribution is 2.19. The molecule has 154 valence electrons. The number of fused-ring (bicyclic) bond motifs is 1. The van der Waals surface area contributed by atoms with E-state index >= 15 is 0 Å². The number of ether oxygens (including phenoxy) is 1. The summed E-state index contributed by atoms with van der Waals surface area (Å²) in [6, 6.07) is 14.3. The highest BCUT2D eigenvalue weighted by atomic mass is 32.2. The molecule has 1 aliphatic heterocycles. The molecule has 3 aromatic rings. The van der Waals surface area contributed by atoms with Gasteiger partial charge in [-0.15, -0.1) is 0 Å². The predicted molar refractivity (Wildman–Crippen MR) is 113 cm³/mol. The molecule has 1 aromatic heterocycles. The number of aromatic nitrogens is 2. The van der Waals surface area contributed by atoms with Gasteiger partial charge in [-0.25, -0.2) is 18.5 Å². The third kappa shape index (κ3) is 4.87. The minimum Gasteiger partial charge on any atom is -0.492 e. The average molecular weight is 416 g/mol. The monoisotopic (exact) mass is 415 g/mol. The van der Waals surface area contributed by atoms with E-state index in [4.69, 9.17) is 14.9 Å². The van der Waals surface area contributed by atoms with Gasteiger partial charge in [0.15, 0.2) is 0 Å². The van der Waals surface area contributed by atoms with Crippen molar-refractivity contribution < 1.29 is 13.2 Å². The standard InChI is InChI=1S/C20H25N5O3S/c21-29(26,27)17-8-6-16(7-9-17)28-15-14-24-10-3-11-25(13-12-24)20-22-18-4-1-2-5-19(18)23-20/h1-2,4-9H,3,10-15H2,(H,22,23)(H2,21,26,27). The Morgan fingerprint density at radius 1 is 1.03 bits per heavy atom. The van der Waals surface area contributed by atoms with Gasteiger partial charge in [0.25, 0.3) is 0 Å². The lowest BCUT2D eigenvalue weighted by atomic mass is 10.3. The summed E-state index contributed by atoms with van der Waals surface area (Å²) in [4.78, 5) is 12.9. The molecule has 2 aromatic carbocycles. The number of hydrogen-bond donors (Lipinski definition) is 2. The maximum atomic E-state index is 11.3. The zero-order valence-electron chi connectivity index (χ0n) is 16.1. The lowest BCUT2D eigenvalue weighted by Crippen LogP contribution is -2.33. The zero-order valence-corrected chi connectivity index (χ0v) is 16.9. The molecule has 9 heteroatoms. The Balaban J connectivity index is 1.28. The van der Waals surface area contributed by atoms with Gasteiger partial charge >= 0.3 is 0 Å². The molecule has 2 heterocycles. The van der Waals surface area contributed by atoms with Crippen LogP contribution in [0.4, 0.5) is 5.95 Å². The Hall–Kier alpha value is -2.62. The van der Waals surface area contributed by atoms with E-state index < -0.39 is 10.0 Å². The lowest BCUT2D eigenvalue weighted by Gasteiger charge is -2.21. The molecular formula is C20H25N5O3S. The molecule has 1 fully saturated rings. The number of anilines is 1. The number of rotatable bonds is 6. The van der Waals surface area contributed by atoms with Gasteiger partial charge in [0.1, 0.15) is 12.4 Å². The van der Waals surface area contributed by atoms with Gasteiger partial charge in [-0.05, 0) is 42.8 Å². The van der Waals surface area contributed by atoms with Crippen LogP contribution < -0.4 is 14.8 Å². The maximum absolute atomic E-state index is 11.3. The largest absolute Gasteiger partial charge is 0.492 e. The molecule has 8 nitrogen and oxygen atoms in total. The number of primary sulfonamides is 1. The maximum Gasteiger partial charge on any atom is 0.238 e. The normalized spacial score (nSPS) is 16.1. The Bertz CT molecular complexity index is 1030.